The van der Waals surface area contributed by atoms with Gasteiger partial charge in [-0.3, -0.25) is 14.4 Å². The topological polar surface area (TPSA) is 105 Å². The van der Waals surface area contributed by atoms with E-state index in [0.717, 1.165) is 0 Å². The summed E-state index contributed by atoms with van der Waals surface area (Å²) in [6.45, 7) is 3.74. The lowest BCUT2D eigenvalue weighted by Gasteiger charge is -2.20. The van der Waals surface area contributed by atoms with E-state index in [1.807, 2.05) is 0 Å². The van der Waals surface area contributed by atoms with Gasteiger partial charge in [0.05, 0.1) is 17.0 Å². The molecule has 0 unspecified atom stereocenters. The maximum absolute atomic E-state index is 12.3. The predicted molar refractivity (Wildman–Crippen MR) is 110 cm³/mol. The number of hydrogen-bond donors (Lipinski definition) is 2. The Morgan fingerprint density at radius 3 is 2.55 bits per heavy atom. The summed E-state index contributed by atoms with van der Waals surface area (Å²) in [6.07, 6.45) is 0. The molecule has 2 rings (SSSR count). The molecule has 3 amide bonds. The third kappa shape index (κ3) is 6.72. The monoisotopic (exact) mass is 417 g/mol. The van der Waals surface area contributed by atoms with E-state index >= 15 is 0 Å². The zero-order valence-electron chi connectivity index (χ0n) is 16.3. The normalized spacial score (nSPS) is 10.1. The Kier molecular flexibility index (Phi) is 8.35. The summed E-state index contributed by atoms with van der Waals surface area (Å²) in [5, 5.41) is 7.12. The molecule has 0 aliphatic carbocycles. The fraction of sp³-hybridized carbons (Fsp3) is 0.300. The Hall–Kier alpha value is -3.20. The molecule has 0 saturated carbocycles. The predicted octanol–water partition coefficient (Wildman–Crippen LogP) is 2.14. The molecule has 8 nitrogen and oxygen atoms in total. The standard InChI is InChI=1S/C20H23N3O5S/c1-3-21-17(24)12-23(4-2)18(25)13-28-20(27)14-7-5-8-15(11-14)22-19(26)16-9-6-10-29-16/h5-11H,3-4,12-13H2,1-2H3,(H,21,24)(H,22,26). The number of nitrogens with zero attached hydrogens (tertiary/aromatic N) is 1. The van der Waals surface area contributed by atoms with Gasteiger partial charge in [0.25, 0.3) is 11.8 Å². The number of rotatable bonds is 9. The summed E-state index contributed by atoms with van der Waals surface area (Å²) in [6, 6.07) is 9.73. The Morgan fingerprint density at radius 2 is 1.90 bits per heavy atom. The minimum Gasteiger partial charge on any atom is -0.452 e. The largest absolute Gasteiger partial charge is 0.452 e. The van der Waals surface area contributed by atoms with E-state index in [2.05, 4.69) is 10.6 Å². The van der Waals surface area contributed by atoms with Crippen LogP contribution < -0.4 is 10.6 Å². The molecule has 1 aromatic heterocycles. The van der Waals surface area contributed by atoms with Crippen molar-refractivity contribution in [1.82, 2.24) is 10.2 Å². The number of ether oxygens (including phenoxy) is 1. The molecule has 9 heteroatoms. The van der Waals surface area contributed by atoms with E-state index in [0.29, 0.717) is 23.7 Å². The first-order valence-electron chi connectivity index (χ1n) is 9.11. The number of benzene rings is 1. The van der Waals surface area contributed by atoms with Crippen LogP contribution in [0.3, 0.4) is 0 Å². The van der Waals surface area contributed by atoms with Crippen LogP contribution in [-0.2, 0) is 14.3 Å². The second kappa shape index (κ2) is 11.0. The molecule has 0 radical (unpaired) electrons. The van der Waals surface area contributed by atoms with Crippen LogP contribution in [-0.4, -0.2) is 54.8 Å². The molecule has 29 heavy (non-hydrogen) atoms. The maximum atomic E-state index is 12.3. The van der Waals surface area contributed by atoms with Crippen molar-refractivity contribution in [1.29, 1.82) is 0 Å². The highest BCUT2D eigenvalue weighted by atomic mass is 32.1. The average molecular weight is 417 g/mol. The second-order valence-corrected chi connectivity index (χ2v) is 6.90. The fourth-order valence-corrected chi connectivity index (χ4v) is 3.05. The lowest BCUT2D eigenvalue weighted by molar-refractivity contribution is -0.138. The van der Waals surface area contributed by atoms with Gasteiger partial charge >= 0.3 is 5.97 Å². The van der Waals surface area contributed by atoms with Crippen molar-refractivity contribution in [3.05, 3.63) is 52.2 Å². The fourth-order valence-electron chi connectivity index (χ4n) is 2.43. The van der Waals surface area contributed by atoms with Gasteiger partial charge in [-0.2, -0.15) is 0 Å². The number of thiophene rings is 1. The molecule has 0 aliphatic heterocycles. The summed E-state index contributed by atoms with van der Waals surface area (Å²) in [7, 11) is 0. The van der Waals surface area contributed by atoms with Gasteiger partial charge in [-0.05, 0) is 43.5 Å². The van der Waals surface area contributed by atoms with Gasteiger partial charge in [0.2, 0.25) is 5.91 Å². The van der Waals surface area contributed by atoms with Crippen molar-refractivity contribution in [3.8, 4) is 0 Å². The lowest BCUT2D eigenvalue weighted by atomic mass is 10.2. The number of likely N-dealkylation sites (N-methyl/N-ethyl adjacent to an activating group) is 2. The van der Waals surface area contributed by atoms with Crippen molar-refractivity contribution in [2.24, 2.45) is 0 Å². The van der Waals surface area contributed by atoms with Gasteiger partial charge in [0, 0.05) is 18.8 Å². The number of anilines is 1. The van der Waals surface area contributed by atoms with Gasteiger partial charge in [-0.25, -0.2) is 4.79 Å². The molecule has 0 atom stereocenters. The number of esters is 1. The van der Waals surface area contributed by atoms with Crippen LogP contribution >= 0.6 is 11.3 Å². The SMILES string of the molecule is CCNC(=O)CN(CC)C(=O)COC(=O)c1cccc(NC(=O)c2cccs2)c1. The molecule has 0 saturated heterocycles. The quantitative estimate of drug-likeness (QED) is 0.608. The summed E-state index contributed by atoms with van der Waals surface area (Å²) >= 11 is 1.31. The van der Waals surface area contributed by atoms with Gasteiger partial charge < -0.3 is 20.3 Å². The molecular formula is C20H23N3O5S. The van der Waals surface area contributed by atoms with E-state index < -0.39 is 18.5 Å². The lowest BCUT2D eigenvalue weighted by Crippen LogP contribution is -2.42. The molecule has 2 aromatic rings. The Balaban J connectivity index is 1.92. The van der Waals surface area contributed by atoms with Crippen molar-refractivity contribution in [2.75, 3.05) is 31.6 Å². The van der Waals surface area contributed by atoms with Crippen LogP contribution in [0, 0.1) is 0 Å². The Bertz CT molecular complexity index is 867. The molecule has 0 bridgehead atoms. The van der Waals surface area contributed by atoms with E-state index in [1.54, 1.807) is 43.5 Å². The minimum absolute atomic E-state index is 0.0923. The number of nitrogens with one attached hydrogen (secondary N) is 2. The first kappa shape index (κ1) is 22.1. The molecule has 0 spiro atoms. The van der Waals surface area contributed by atoms with Crippen molar-refractivity contribution in [2.45, 2.75) is 13.8 Å². The third-order valence-corrected chi connectivity index (χ3v) is 4.74. The molecule has 154 valence electrons. The maximum Gasteiger partial charge on any atom is 0.338 e. The van der Waals surface area contributed by atoms with Crippen molar-refractivity contribution < 1.29 is 23.9 Å². The van der Waals surface area contributed by atoms with Gasteiger partial charge in [-0.1, -0.05) is 12.1 Å². The number of amides is 3. The summed E-state index contributed by atoms with van der Waals surface area (Å²) in [5.41, 5.74) is 0.643. The molecule has 2 N–H and O–H groups in total. The summed E-state index contributed by atoms with van der Waals surface area (Å²) in [4.78, 5) is 50.1. The molecule has 1 heterocycles. The number of hydrogen-bond acceptors (Lipinski definition) is 6. The van der Waals surface area contributed by atoms with Crippen LogP contribution in [0.2, 0.25) is 0 Å². The van der Waals surface area contributed by atoms with Gasteiger partial charge in [0.1, 0.15) is 0 Å². The van der Waals surface area contributed by atoms with Crippen LogP contribution in [0.1, 0.15) is 33.9 Å². The summed E-state index contributed by atoms with van der Waals surface area (Å²) in [5.74, 6) is -1.71. The second-order valence-electron chi connectivity index (χ2n) is 5.95. The number of carbonyl (C=O) groups excluding carboxylic acids is 4. The highest BCUT2D eigenvalue weighted by molar-refractivity contribution is 7.12. The van der Waals surface area contributed by atoms with Crippen molar-refractivity contribution in [3.63, 3.8) is 0 Å². The van der Waals surface area contributed by atoms with Crippen LogP contribution in [0.5, 0.6) is 0 Å². The Labute approximate surface area is 172 Å². The molecular weight excluding hydrogens is 394 g/mol. The van der Waals surface area contributed by atoms with Gasteiger partial charge in [-0.15, -0.1) is 11.3 Å². The zero-order chi connectivity index (χ0) is 21.2. The molecule has 0 aliphatic rings. The Morgan fingerprint density at radius 1 is 1.10 bits per heavy atom. The average Bonchev–Trinajstić information content (AvgIpc) is 3.25. The number of carbonyl (C=O) groups is 4. The van der Waals surface area contributed by atoms with Crippen molar-refractivity contribution >= 4 is 40.7 Å². The first-order valence-corrected chi connectivity index (χ1v) is 9.99. The van der Waals surface area contributed by atoms with E-state index in [1.165, 1.54) is 28.4 Å². The molecule has 1 aromatic carbocycles. The highest BCUT2D eigenvalue weighted by Crippen LogP contribution is 2.15. The van der Waals surface area contributed by atoms with E-state index in [4.69, 9.17) is 4.74 Å². The van der Waals surface area contributed by atoms with Gasteiger partial charge in [0.15, 0.2) is 6.61 Å². The highest BCUT2D eigenvalue weighted by Gasteiger charge is 2.18. The van der Waals surface area contributed by atoms with Crippen LogP contribution in [0.25, 0.3) is 0 Å². The first-order chi connectivity index (χ1) is 13.9. The van der Waals surface area contributed by atoms with E-state index in [-0.39, 0.29) is 23.9 Å². The van der Waals surface area contributed by atoms with E-state index in [9.17, 15) is 19.2 Å². The van der Waals surface area contributed by atoms with Crippen LogP contribution in [0.4, 0.5) is 5.69 Å². The zero-order valence-corrected chi connectivity index (χ0v) is 17.1. The molecule has 0 fully saturated rings. The minimum atomic E-state index is -0.695. The van der Waals surface area contributed by atoms with Crippen LogP contribution in [0.15, 0.2) is 41.8 Å². The summed E-state index contributed by atoms with van der Waals surface area (Å²) < 4.78 is 5.07. The third-order valence-electron chi connectivity index (χ3n) is 3.87. The smallest absolute Gasteiger partial charge is 0.338 e.